The second-order valence-electron chi connectivity index (χ2n) is 4.07. The van der Waals surface area contributed by atoms with Gasteiger partial charge >= 0.3 is 0 Å². The summed E-state index contributed by atoms with van der Waals surface area (Å²) < 4.78 is 0. The molecule has 1 rings (SSSR count). The Balaban J connectivity index is 2.72. The molecular weight excluding hydrogens is 273 g/mol. The third kappa shape index (κ3) is 4.19. The number of aliphatic hydroxyl groups is 1. The Hall–Kier alpha value is -0.710. The van der Waals surface area contributed by atoms with E-state index in [1.165, 1.54) is 0 Å². The Kier molecular flexibility index (Phi) is 6.54. The Labute approximate surface area is 118 Å². The fourth-order valence-corrected chi connectivity index (χ4v) is 2.16. The van der Waals surface area contributed by atoms with E-state index in [-0.39, 0.29) is 6.61 Å². The molecule has 0 fully saturated rings. The van der Waals surface area contributed by atoms with Crippen molar-refractivity contribution in [2.24, 2.45) is 5.92 Å². The van der Waals surface area contributed by atoms with Gasteiger partial charge < -0.3 is 15.7 Å². The Morgan fingerprint density at radius 3 is 2.56 bits per heavy atom. The van der Waals surface area contributed by atoms with Gasteiger partial charge in [0.2, 0.25) is 0 Å². The van der Waals surface area contributed by atoms with E-state index < -0.39 is 0 Å². The molecule has 1 aromatic rings. The zero-order valence-corrected chi connectivity index (χ0v) is 12.1. The molecule has 0 aliphatic heterocycles. The average Bonchev–Trinajstić information content (AvgIpc) is 2.36. The molecule has 18 heavy (non-hydrogen) atoms. The van der Waals surface area contributed by atoms with E-state index in [1.54, 1.807) is 13.1 Å². The van der Waals surface area contributed by atoms with Crippen LogP contribution in [-0.2, 0) is 0 Å². The molecule has 1 aromatic heterocycles. The van der Waals surface area contributed by atoms with Gasteiger partial charge in [-0.3, -0.25) is 0 Å². The van der Waals surface area contributed by atoms with Gasteiger partial charge in [0.25, 0.3) is 0 Å². The lowest BCUT2D eigenvalue weighted by Gasteiger charge is -2.16. The number of aliphatic hydroxyl groups excluding tert-OH is 1. The summed E-state index contributed by atoms with van der Waals surface area (Å²) in [5.41, 5.74) is 0. The van der Waals surface area contributed by atoms with Crippen molar-refractivity contribution < 1.29 is 5.11 Å². The first-order valence-corrected chi connectivity index (χ1v) is 6.76. The Bertz CT molecular complexity index is 388. The smallest absolute Gasteiger partial charge is 0.147 e. The fourth-order valence-electron chi connectivity index (χ4n) is 1.64. The lowest BCUT2D eigenvalue weighted by atomic mass is 10.0. The average molecular weight is 292 g/mol. The van der Waals surface area contributed by atoms with Crippen molar-refractivity contribution in [1.29, 1.82) is 0 Å². The predicted molar refractivity (Wildman–Crippen MR) is 77.8 cm³/mol. The number of hydrogen-bond acceptors (Lipinski definition) is 4. The summed E-state index contributed by atoms with van der Waals surface area (Å²) in [6.45, 7) is 3.02. The molecule has 0 aliphatic carbocycles. The van der Waals surface area contributed by atoms with Crippen LogP contribution in [0.4, 0.5) is 11.6 Å². The largest absolute Gasteiger partial charge is 0.396 e. The van der Waals surface area contributed by atoms with Crippen molar-refractivity contribution >= 4 is 34.8 Å². The summed E-state index contributed by atoms with van der Waals surface area (Å²) in [4.78, 5) is 4.31. The zero-order valence-electron chi connectivity index (χ0n) is 10.6. The van der Waals surface area contributed by atoms with Crippen molar-refractivity contribution in [3.8, 4) is 0 Å². The van der Waals surface area contributed by atoms with Gasteiger partial charge in [0.1, 0.15) is 11.6 Å². The van der Waals surface area contributed by atoms with Gasteiger partial charge in [-0.05, 0) is 18.4 Å². The highest BCUT2D eigenvalue weighted by atomic mass is 35.5. The molecule has 0 amide bonds. The molecule has 0 bridgehead atoms. The normalized spacial score (nSPS) is 12.3. The first-order chi connectivity index (χ1) is 8.62. The van der Waals surface area contributed by atoms with E-state index >= 15 is 0 Å². The third-order valence-electron chi connectivity index (χ3n) is 2.84. The van der Waals surface area contributed by atoms with Gasteiger partial charge in [0, 0.05) is 20.2 Å². The number of nitrogens with one attached hydrogen (secondary N) is 2. The highest BCUT2D eigenvalue weighted by molar-refractivity contribution is 6.37. The molecule has 1 atom stereocenters. The summed E-state index contributed by atoms with van der Waals surface area (Å²) in [6.07, 6.45) is 1.77. The molecule has 1 heterocycles. The molecule has 0 radical (unpaired) electrons. The highest BCUT2D eigenvalue weighted by Crippen LogP contribution is 2.29. The Morgan fingerprint density at radius 2 is 2.00 bits per heavy atom. The first-order valence-electron chi connectivity index (χ1n) is 6.00. The molecule has 0 aliphatic rings. The third-order valence-corrected chi connectivity index (χ3v) is 3.42. The summed E-state index contributed by atoms with van der Waals surface area (Å²) in [7, 11) is 1.76. The Morgan fingerprint density at radius 1 is 1.33 bits per heavy atom. The van der Waals surface area contributed by atoms with Crippen LogP contribution in [0.15, 0.2) is 6.07 Å². The second kappa shape index (κ2) is 7.67. The van der Waals surface area contributed by atoms with E-state index in [9.17, 15) is 0 Å². The minimum atomic E-state index is 0.198. The van der Waals surface area contributed by atoms with Gasteiger partial charge in [-0.2, -0.15) is 0 Å². The van der Waals surface area contributed by atoms with E-state index in [0.29, 0.717) is 27.6 Å². The summed E-state index contributed by atoms with van der Waals surface area (Å²) in [6, 6.07) is 1.66. The van der Waals surface area contributed by atoms with Crippen LogP contribution in [0, 0.1) is 5.92 Å². The summed E-state index contributed by atoms with van der Waals surface area (Å²) in [5.74, 6) is 1.61. The molecule has 0 aromatic carbocycles. The van der Waals surface area contributed by atoms with Crippen LogP contribution in [-0.4, -0.2) is 30.3 Å². The number of nitrogens with zero attached hydrogens (tertiary/aromatic N) is 1. The van der Waals surface area contributed by atoms with Crippen molar-refractivity contribution in [3.63, 3.8) is 0 Å². The molecule has 4 nitrogen and oxygen atoms in total. The maximum Gasteiger partial charge on any atom is 0.147 e. The molecule has 1 unspecified atom stereocenters. The monoisotopic (exact) mass is 291 g/mol. The maximum absolute atomic E-state index is 8.94. The van der Waals surface area contributed by atoms with Gasteiger partial charge in [-0.1, -0.05) is 36.5 Å². The first kappa shape index (κ1) is 15.3. The number of pyridine rings is 1. The summed E-state index contributed by atoms with van der Waals surface area (Å²) in [5, 5.41) is 16.0. The number of halogens is 2. The van der Waals surface area contributed by atoms with Gasteiger partial charge in [-0.15, -0.1) is 0 Å². The van der Waals surface area contributed by atoms with E-state index in [0.717, 1.165) is 19.4 Å². The van der Waals surface area contributed by atoms with Crippen LogP contribution < -0.4 is 10.6 Å². The quantitative estimate of drug-likeness (QED) is 0.722. The van der Waals surface area contributed by atoms with E-state index in [4.69, 9.17) is 28.3 Å². The number of rotatable bonds is 7. The van der Waals surface area contributed by atoms with Gasteiger partial charge in [-0.25, -0.2) is 4.98 Å². The fraction of sp³-hybridized carbons (Fsp3) is 0.583. The second-order valence-corrected chi connectivity index (χ2v) is 4.88. The minimum absolute atomic E-state index is 0.198. The van der Waals surface area contributed by atoms with Crippen molar-refractivity contribution in [3.05, 3.63) is 16.1 Å². The molecule has 6 heteroatoms. The van der Waals surface area contributed by atoms with Gasteiger partial charge in [0.15, 0.2) is 0 Å². The lowest BCUT2D eigenvalue weighted by molar-refractivity contribution is 0.258. The van der Waals surface area contributed by atoms with Crippen LogP contribution >= 0.6 is 23.2 Å². The SMILES string of the molecule is CCC(CCO)CNc1nc(NC)c(Cl)cc1Cl. The van der Waals surface area contributed by atoms with Crippen LogP contribution in [0.5, 0.6) is 0 Å². The molecule has 102 valence electrons. The number of aromatic nitrogens is 1. The summed E-state index contributed by atoms with van der Waals surface area (Å²) >= 11 is 12.0. The molecule has 0 saturated heterocycles. The van der Waals surface area contributed by atoms with E-state index in [2.05, 4.69) is 22.5 Å². The predicted octanol–water partition coefficient (Wildman–Crippen LogP) is 3.25. The molecule has 0 saturated carbocycles. The van der Waals surface area contributed by atoms with Crippen LogP contribution in [0.25, 0.3) is 0 Å². The van der Waals surface area contributed by atoms with Crippen molar-refractivity contribution in [1.82, 2.24) is 4.98 Å². The molecule has 3 N–H and O–H groups in total. The topological polar surface area (TPSA) is 57.2 Å². The van der Waals surface area contributed by atoms with Crippen molar-refractivity contribution in [2.75, 3.05) is 30.8 Å². The van der Waals surface area contributed by atoms with E-state index in [1.807, 2.05) is 0 Å². The van der Waals surface area contributed by atoms with Crippen LogP contribution in [0.1, 0.15) is 19.8 Å². The maximum atomic E-state index is 8.94. The van der Waals surface area contributed by atoms with Crippen LogP contribution in [0.2, 0.25) is 10.0 Å². The number of hydrogen-bond donors (Lipinski definition) is 3. The van der Waals surface area contributed by atoms with Gasteiger partial charge in [0.05, 0.1) is 10.0 Å². The zero-order chi connectivity index (χ0) is 13.5. The lowest BCUT2D eigenvalue weighted by Crippen LogP contribution is -2.16. The standard InChI is InChI=1S/C12H19Cl2N3O/c1-3-8(4-5-18)7-16-12-10(14)6-9(13)11(15-2)17-12/h6,8,18H,3-5,7H2,1-2H3,(H2,15,16,17). The number of anilines is 2. The highest BCUT2D eigenvalue weighted by Gasteiger charge is 2.10. The molecular formula is C12H19Cl2N3O. The van der Waals surface area contributed by atoms with Crippen molar-refractivity contribution in [2.45, 2.75) is 19.8 Å². The minimum Gasteiger partial charge on any atom is -0.396 e. The van der Waals surface area contributed by atoms with Crippen LogP contribution in [0.3, 0.4) is 0 Å². The molecule has 0 spiro atoms.